The summed E-state index contributed by atoms with van der Waals surface area (Å²) in [5.74, 6) is -0.514. The summed E-state index contributed by atoms with van der Waals surface area (Å²) in [6.45, 7) is 3.63. The van der Waals surface area contributed by atoms with E-state index in [4.69, 9.17) is 5.11 Å². The predicted octanol–water partition coefficient (Wildman–Crippen LogP) is -0.282. The summed E-state index contributed by atoms with van der Waals surface area (Å²) in [6.07, 6.45) is 0.412. The number of hydrogen-bond acceptors (Lipinski definition) is 4. The van der Waals surface area contributed by atoms with Crippen molar-refractivity contribution in [2.45, 2.75) is 6.10 Å². The Bertz CT molecular complexity index is 141. The minimum atomic E-state index is -0.649. The maximum Gasteiger partial charge on any atom is 0.330 e. The lowest BCUT2D eigenvalue weighted by Crippen LogP contribution is -2.28. The van der Waals surface area contributed by atoms with Gasteiger partial charge < -0.3 is 15.2 Å². The van der Waals surface area contributed by atoms with Crippen molar-refractivity contribution in [2.24, 2.45) is 0 Å². The van der Waals surface area contributed by atoms with Crippen molar-refractivity contribution in [2.75, 3.05) is 20.2 Å². The molecule has 2 N–H and O–H groups in total. The molecule has 0 aliphatic heterocycles. The SMILES string of the molecule is C=CC(=O)OCC(O)CNC.Cl. The summed E-state index contributed by atoms with van der Waals surface area (Å²) in [6, 6.07) is 0. The first-order valence-corrected chi connectivity index (χ1v) is 3.32. The molecule has 0 rings (SSSR count). The average molecular weight is 196 g/mol. The Morgan fingerprint density at radius 1 is 1.83 bits per heavy atom. The second-order valence-electron chi connectivity index (χ2n) is 2.05. The Morgan fingerprint density at radius 2 is 2.42 bits per heavy atom. The summed E-state index contributed by atoms with van der Waals surface area (Å²) in [5, 5.41) is 11.8. The molecule has 4 nitrogen and oxygen atoms in total. The molecule has 0 heterocycles. The Labute approximate surface area is 78.0 Å². The summed E-state index contributed by atoms with van der Waals surface area (Å²) in [7, 11) is 1.71. The summed E-state index contributed by atoms with van der Waals surface area (Å²) >= 11 is 0. The van der Waals surface area contributed by atoms with Gasteiger partial charge in [0.15, 0.2) is 0 Å². The maximum atomic E-state index is 10.4. The van der Waals surface area contributed by atoms with E-state index in [2.05, 4.69) is 16.6 Å². The zero-order chi connectivity index (χ0) is 8.69. The van der Waals surface area contributed by atoms with Crippen LogP contribution in [0.25, 0.3) is 0 Å². The smallest absolute Gasteiger partial charge is 0.330 e. The quantitative estimate of drug-likeness (QED) is 0.468. The van der Waals surface area contributed by atoms with Gasteiger partial charge in [-0.3, -0.25) is 0 Å². The molecule has 0 aromatic carbocycles. The van der Waals surface area contributed by atoms with Crippen LogP contribution in [0, 0.1) is 0 Å². The van der Waals surface area contributed by atoms with Crippen LogP contribution >= 0.6 is 12.4 Å². The van der Waals surface area contributed by atoms with E-state index in [0.717, 1.165) is 6.08 Å². The molecule has 72 valence electrons. The molecule has 1 unspecified atom stereocenters. The summed E-state index contributed by atoms with van der Waals surface area (Å²) in [4.78, 5) is 10.4. The van der Waals surface area contributed by atoms with Crippen LogP contribution in [0.5, 0.6) is 0 Å². The lowest BCUT2D eigenvalue weighted by Gasteiger charge is -2.08. The fraction of sp³-hybridized carbons (Fsp3) is 0.571. The second kappa shape index (κ2) is 8.52. The van der Waals surface area contributed by atoms with Crippen LogP contribution < -0.4 is 5.32 Å². The minimum absolute atomic E-state index is 0. The number of carbonyl (C=O) groups is 1. The highest BCUT2D eigenvalue weighted by Gasteiger charge is 2.04. The second-order valence-corrected chi connectivity index (χ2v) is 2.05. The number of aliphatic hydroxyl groups excluding tert-OH is 1. The number of halogens is 1. The van der Waals surface area contributed by atoms with Crippen molar-refractivity contribution >= 4 is 18.4 Å². The van der Waals surface area contributed by atoms with Crippen LogP contribution in [-0.4, -0.2) is 37.4 Å². The molecule has 0 saturated heterocycles. The van der Waals surface area contributed by atoms with Gasteiger partial charge in [-0.25, -0.2) is 4.79 Å². The van der Waals surface area contributed by atoms with Gasteiger partial charge in [0, 0.05) is 12.6 Å². The Kier molecular flexibility index (Phi) is 9.92. The predicted molar refractivity (Wildman–Crippen MR) is 48.3 cm³/mol. The van der Waals surface area contributed by atoms with E-state index in [0.29, 0.717) is 6.54 Å². The number of esters is 1. The van der Waals surface area contributed by atoms with Gasteiger partial charge >= 0.3 is 5.97 Å². The molecule has 0 radical (unpaired) electrons. The van der Waals surface area contributed by atoms with E-state index in [9.17, 15) is 4.79 Å². The highest BCUT2D eigenvalue weighted by atomic mass is 35.5. The van der Waals surface area contributed by atoms with E-state index < -0.39 is 12.1 Å². The molecule has 0 amide bonds. The van der Waals surface area contributed by atoms with E-state index >= 15 is 0 Å². The van der Waals surface area contributed by atoms with Gasteiger partial charge in [0.2, 0.25) is 0 Å². The van der Waals surface area contributed by atoms with Gasteiger partial charge in [-0.1, -0.05) is 6.58 Å². The number of carbonyl (C=O) groups excluding carboxylic acids is 1. The molecule has 12 heavy (non-hydrogen) atoms. The number of nitrogens with one attached hydrogen (secondary N) is 1. The molecular formula is C7H14ClNO3. The highest BCUT2D eigenvalue weighted by Crippen LogP contribution is 1.84. The molecule has 0 aliphatic rings. The third-order valence-corrected chi connectivity index (χ3v) is 1.02. The zero-order valence-corrected chi connectivity index (χ0v) is 7.76. The van der Waals surface area contributed by atoms with Gasteiger partial charge in [0.25, 0.3) is 0 Å². The molecule has 0 bridgehead atoms. The molecule has 0 spiro atoms. The van der Waals surface area contributed by atoms with Crippen molar-refractivity contribution in [3.05, 3.63) is 12.7 Å². The van der Waals surface area contributed by atoms with Crippen LogP contribution in [0.1, 0.15) is 0 Å². The standard InChI is InChI=1S/C7H13NO3.ClH/c1-3-7(10)11-5-6(9)4-8-2;/h3,6,8-9H,1,4-5H2,2H3;1H. The van der Waals surface area contributed by atoms with Gasteiger partial charge in [-0.2, -0.15) is 0 Å². The molecular weight excluding hydrogens is 182 g/mol. The van der Waals surface area contributed by atoms with Crippen molar-refractivity contribution in [1.82, 2.24) is 5.32 Å². The molecule has 0 aromatic heterocycles. The van der Waals surface area contributed by atoms with Crippen LogP contribution in [0.4, 0.5) is 0 Å². The number of likely N-dealkylation sites (N-methyl/N-ethyl adjacent to an activating group) is 1. The fourth-order valence-corrected chi connectivity index (χ4v) is 0.532. The largest absolute Gasteiger partial charge is 0.460 e. The van der Waals surface area contributed by atoms with Crippen molar-refractivity contribution in [3.63, 3.8) is 0 Å². The number of ether oxygens (including phenoxy) is 1. The zero-order valence-electron chi connectivity index (χ0n) is 6.95. The van der Waals surface area contributed by atoms with E-state index in [1.807, 2.05) is 0 Å². The van der Waals surface area contributed by atoms with Gasteiger partial charge in [0.05, 0.1) is 0 Å². The van der Waals surface area contributed by atoms with Gasteiger partial charge in [-0.15, -0.1) is 12.4 Å². The number of hydrogen-bond donors (Lipinski definition) is 2. The highest BCUT2D eigenvalue weighted by molar-refractivity contribution is 5.85. The topological polar surface area (TPSA) is 58.6 Å². The van der Waals surface area contributed by atoms with E-state index in [1.54, 1.807) is 7.05 Å². The lowest BCUT2D eigenvalue weighted by molar-refractivity contribution is -0.140. The van der Waals surface area contributed by atoms with Gasteiger partial charge in [-0.05, 0) is 7.05 Å². The molecule has 5 heteroatoms. The first kappa shape index (κ1) is 14.0. The number of aliphatic hydroxyl groups is 1. The van der Waals surface area contributed by atoms with Crippen LogP contribution in [0.15, 0.2) is 12.7 Å². The Balaban J connectivity index is 0. The van der Waals surface area contributed by atoms with Crippen molar-refractivity contribution in [1.29, 1.82) is 0 Å². The van der Waals surface area contributed by atoms with Crippen LogP contribution in [0.3, 0.4) is 0 Å². The Hall–Kier alpha value is -0.580. The normalized spacial score (nSPS) is 11.2. The third-order valence-electron chi connectivity index (χ3n) is 1.02. The minimum Gasteiger partial charge on any atom is -0.460 e. The van der Waals surface area contributed by atoms with Gasteiger partial charge in [0.1, 0.15) is 12.7 Å². The van der Waals surface area contributed by atoms with Crippen LogP contribution in [-0.2, 0) is 9.53 Å². The Morgan fingerprint density at radius 3 is 2.83 bits per heavy atom. The molecule has 0 aliphatic carbocycles. The first-order chi connectivity index (χ1) is 5.20. The third kappa shape index (κ3) is 7.53. The number of rotatable bonds is 5. The van der Waals surface area contributed by atoms with Crippen molar-refractivity contribution in [3.8, 4) is 0 Å². The summed E-state index contributed by atoms with van der Waals surface area (Å²) < 4.78 is 4.56. The average Bonchev–Trinajstić information content (AvgIpc) is 2.01. The fourth-order valence-electron chi connectivity index (χ4n) is 0.532. The maximum absolute atomic E-state index is 10.4. The monoisotopic (exact) mass is 195 g/mol. The first-order valence-electron chi connectivity index (χ1n) is 3.32. The molecule has 0 saturated carbocycles. The van der Waals surface area contributed by atoms with E-state index in [1.165, 1.54) is 0 Å². The van der Waals surface area contributed by atoms with Crippen molar-refractivity contribution < 1.29 is 14.6 Å². The molecule has 0 aromatic rings. The molecule has 0 fully saturated rings. The summed E-state index contributed by atoms with van der Waals surface area (Å²) in [5.41, 5.74) is 0. The molecule has 1 atom stereocenters. The lowest BCUT2D eigenvalue weighted by atomic mass is 10.4. The van der Waals surface area contributed by atoms with E-state index in [-0.39, 0.29) is 19.0 Å². The van der Waals surface area contributed by atoms with Crippen LogP contribution in [0.2, 0.25) is 0 Å².